The smallest absolute Gasteiger partial charge is 0.200 e. The molecule has 0 aliphatic carbocycles. The molecule has 0 saturated carbocycles. The Labute approximate surface area is 126 Å². The number of phenols is 1. The molecule has 0 unspecified atom stereocenters. The van der Waals surface area contributed by atoms with E-state index in [-0.39, 0.29) is 17.2 Å². The second kappa shape index (κ2) is 6.29. The number of ether oxygens (including phenoxy) is 2. The number of aromatic hydroxyl groups is 1. The number of hydrogen-bond donors (Lipinski definition) is 1. The predicted molar refractivity (Wildman–Crippen MR) is 81.5 cm³/mol. The van der Waals surface area contributed by atoms with Crippen LogP contribution < -0.4 is 9.47 Å². The van der Waals surface area contributed by atoms with E-state index in [0.29, 0.717) is 16.1 Å². The molecule has 0 bridgehead atoms. The number of aryl methyl sites for hydroxylation is 1. The van der Waals surface area contributed by atoms with Crippen molar-refractivity contribution in [2.75, 3.05) is 14.2 Å². The van der Waals surface area contributed by atoms with Crippen LogP contribution in [-0.4, -0.2) is 24.3 Å². The number of allylic oxidation sites excluding steroid dienone is 1. The minimum atomic E-state index is -0.0687. The lowest BCUT2D eigenvalue weighted by atomic mass is 10.1. The van der Waals surface area contributed by atoms with E-state index in [4.69, 9.17) is 9.47 Å². The zero-order valence-electron chi connectivity index (χ0n) is 11.9. The van der Waals surface area contributed by atoms with Gasteiger partial charge in [-0.15, -0.1) is 11.3 Å². The third-order valence-electron chi connectivity index (χ3n) is 2.78. The molecule has 21 heavy (non-hydrogen) atoms. The number of hydrogen-bond acceptors (Lipinski definition) is 6. The molecule has 108 valence electrons. The maximum Gasteiger partial charge on any atom is 0.200 e. The van der Waals surface area contributed by atoms with E-state index >= 15 is 0 Å². The van der Waals surface area contributed by atoms with Gasteiger partial charge in [0, 0.05) is 11.1 Å². The average Bonchev–Trinajstić information content (AvgIpc) is 2.92. The summed E-state index contributed by atoms with van der Waals surface area (Å²) in [7, 11) is 2.91. The van der Waals surface area contributed by atoms with Gasteiger partial charge in [0.1, 0.15) is 11.1 Å². The van der Waals surface area contributed by atoms with Crippen molar-refractivity contribution < 1.29 is 14.6 Å². The molecule has 2 aromatic rings. The second-order valence-corrected chi connectivity index (χ2v) is 5.10. The standard InChI is InChI=1S/C15H14N2O3S/c1-9-8-21-15(17-9)11(7-16)4-10-5-12(19-2)14(18)13(6-10)20-3/h4-6,8,18H,1-3H3/b11-4+. The zero-order valence-corrected chi connectivity index (χ0v) is 12.7. The fourth-order valence-electron chi connectivity index (χ4n) is 1.78. The molecule has 0 fully saturated rings. The van der Waals surface area contributed by atoms with Crippen LogP contribution in [0.25, 0.3) is 11.6 Å². The van der Waals surface area contributed by atoms with Crippen LogP contribution in [0.4, 0.5) is 0 Å². The minimum absolute atomic E-state index is 0.0687. The monoisotopic (exact) mass is 302 g/mol. The van der Waals surface area contributed by atoms with Gasteiger partial charge in [0.05, 0.1) is 19.8 Å². The lowest BCUT2D eigenvalue weighted by Gasteiger charge is -2.09. The van der Waals surface area contributed by atoms with Crippen molar-refractivity contribution in [2.24, 2.45) is 0 Å². The number of benzene rings is 1. The molecular formula is C15H14N2O3S. The maximum atomic E-state index is 9.88. The Morgan fingerprint density at radius 3 is 2.38 bits per heavy atom. The van der Waals surface area contributed by atoms with Gasteiger partial charge in [0.25, 0.3) is 0 Å². The molecule has 0 atom stereocenters. The molecular weight excluding hydrogens is 288 g/mol. The van der Waals surface area contributed by atoms with Crippen LogP contribution >= 0.6 is 11.3 Å². The van der Waals surface area contributed by atoms with Gasteiger partial charge in [-0.05, 0) is 30.7 Å². The largest absolute Gasteiger partial charge is 0.502 e. The first-order valence-electron chi connectivity index (χ1n) is 6.08. The first-order valence-corrected chi connectivity index (χ1v) is 6.96. The molecule has 0 radical (unpaired) electrons. The summed E-state index contributed by atoms with van der Waals surface area (Å²) < 4.78 is 10.2. The third kappa shape index (κ3) is 3.15. The Kier molecular flexibility index (Phi) is 4.45. The van der Waals surface area contributed by atoms with Gasteiger partial charge in [-0.25, -0.2) is 4.98 Å². The molecule has 1 aromatic heterocycles. The molecule has 0 spiro atoms. The Morgan fingerprint density at radius 1 is 1.33 bits per heavy atom. The van der Waals surface area contributed by atoms with E-state index in [0.717, 1.165) is 5.69 Å². The van der Waals surface area contributed by atoms with Gasteiger partial charge in [-0.2, -0.15) is 5.26 Å². The fourth-order valence-corrected chi connectivity index (χ4v) is 2.55. The van der Waals surface area contributed by atoms with Crippen LogP contribution in [0.3, 0.4) is 0 Å². The molecule has 0 amide bonds. The highest BCUT2D eigenvalue weighted by Gasteiger charge is 2.12. The summed E-state index contributed by atoms with van der Waals surface area (Å²) in [5, 5.41) is 21.7. The number of nitrogens with zero attached hydrogens (tertiary/aromatic N) is 2. The van der Waals surface area contributed by atoms with E-state index in [1.807, 2.05) is 12.3 Å². The number of nitriles is 1. The minimum Gasteiger partial charge on any atom is -0.502 e. The average molecular weight is 302 g/mol. The summed E-state index contributed by atoms with van der Waals surface area (Å²) in [5.41, 5.74) is 2.01. The van der Waals surface area contributed by atoms with Crippen molar-refractivity contribution in [2.45, 2.75) is 6.92 Å². The number of methoxy groups -OCH3 is 2. The Balaban J connectivity index is 2.50. The van der Waals surface area contributed by atoms with Gasteiger partial charge in [0.2, 0.25) is 5.75 Å². The molecule has 2 rings (SSSR count). The highest BCUT2D eigenvalue weighted by Crippen LogP contribution is 2.38. The number of phenolic OH excluding ortho intramolecular Hbond substituents is 1. The van der Waals surface area contributed by atoms with E-state index in [1.165, 1.54) is 25.6 Å². The maximum absolute atomic E-state index is 9.88. The lowest BCUT2D eigenvalue weighted by molar-refractivity contribution is 0.340. The van der Waals surface area contributed by atoms with Crippen molar-refractivity contribution in [1.29, 1.82) is 5.26 Å². The van der Waals surface area contributed by atoms with Crippen molar-refractivity contribution in [1.82, 2.24) is 4.98 Å². The van der Waals surface area contributed by atoms with Gasteiger partial charge in [-0.1, -0.05) is 0 Å². The van der Waals surface area contributed by atoms with Crippen molar-refractivity contribution in [3.63, 3.8) is 0 Å². The number of aromatic nitrogens is 1. The molecule has 0 saturated heterocycles. The molecule has 5 nitrogen and oxygen atoms in total. The summed E-state index contributed by atoms with van der Waals surface area (Å²) in [4.78, 5) is 4.30. The van der Waals surface area contributed by atoms with Crippen LogP contribution in [0.2, 0.25) is 0 Å². The Morgan fingerprint density at radius 2 is 1.95 bits per heavy atom. The zero-order chi connectivity index (χ0) is 15.4. The van der Waals surface area contributed by atoms with Crippen molar-refractivity contribution in [3.8, 4) is 23.3 Å². The summed E-state index contributed by atoms with van der Waals surface area (Å²) in [6, 6.07) is 5.40. The second-order valence-electron chi connectivity index (χ2n) is 4.24. The van der Waals surface area contributed by atoms with Gasteiger partial charge in [-0.3, -0.25) is 0 Å². The summed E-state index contributed by atoms with van der Waals surface area (Å²) in [5.74, 6) is 0.502. The fraction of sp³-hybridized carbons (Fsp3) is 0.200. The molecule has 1 heterocycles. The van der Waals surface area contributed by atoms with E-state index in [9.17, 15) is 10.4 Å². The Bertz CT molecular complexity index is 704. The van der Waals surface area contributed by atoms with Gasteiger partial charge < -0.3 is 14.6 Å². The van der Waals surface area contributed by atoms with Crippen LogP contribution in [0.15, 0.2) is 17.5 Å². The summed E-state index contributed by atoms with van der Waals surface area (Å²) in [6.45, 7) is 1.88. The van der Waals surface area contributed by atoms with E-state index < -0.39 is 0 Å². The first-order chi connectivity index (χ1) is 10.1. The third-order valence-corrected chi connectivity index (χ3v) is 3.78. The normalized spacial score (nSPS) is 11.0. The topological polar surface area (TPSA) is 75.4 Å². The Hall–Kier alpha value is -2.52. The highest BCUT2D eigenvalue weighted by atomic mass is 32.1. The number of thiazole rings is 1. The van der Waals surface area contributed by atoms with Crippen molar-refractivity contribution >= 4 is 23.0 Å². The van der Waals surface area contributed by atoms with Crippen LogP contribution in [0, 0.1) is 18.3 Å². The summed E-state index contributed by atoms with van der Waals surface area (Å²) >= 11 is 1.41. The first kappa shape index (κ1) is 14.9. The molecule has 0 aliphatic rings. The quantitative estimate of drug-likeness (QED) is 0.877. The molecule has 6 heteroatoms. The van der Waals surface area contributed by atoms with Crippen LogP contribution in [0.1, 0.15) is 16.3 Å². The lowest BCUT2D eigenvalue weighted by Crippen LogP contribution is -1.90. The SMILES string of the molecule is COc1cc(/C=C(\C#N)c2nc(C)cs2)cc(OC)c1O. The van der Waals surface area contributed by atoms with Crippen LogP contribution in [-0.2, 0) is 0 Å². The molecule has 0 aliphatic heterocycles. The van der Waals surface area contributed by atoms with E-state index in [2.05, 4.69) is 11.1 Å². The van der Waals surface area contributed by atoms with Gasteiger partial charge in [0.15, 0.2) is 11.5 Å². The van der Waals surface area contributed by atoms with Gasteiger partial charge >= 0.3 is 0 Å². The highest BCUT2D eigenvalue weighted by molar-refractivity contribution is 7.11. The van der Waals surface area contributed by atoms with Crippen LogP contribution in [0.5, 0.6) is 17.2 Å². The van der Waals surface area contributed by atoms with E-state index in [1.54, 1.807) is 18.2 Å². The summed E-state index contributed by atoms with van der Waals surface area (Å²) in [6.07, 6.45) is 1.68. The van der Waals surface area contributed by atoms with Crippen molar-refractivity contribution in [3.05, 3.63) is 33.8 Å². The molecule has 1 N–H and O–H groups in total. The molecule has 1 aromatic carbocycles. The predicted octanol–water partition coefficient (Wildman–Crippen LogP) is 3.24. The number of rotatable bonds is 4.